The zero-order chi connectivity index (χ0) is 18.7. The van der Waals surface area contributed by atoms with Gasteiger partial charge in [0.05, 0.1) is 22.1 Å². The molecular weight excluding hydrogens is 397 g/mol. The number of carbonyl (C=O) groups excluding carboxylic acids is 1. The first-order valence-corrected chi connectivity index (χ1v) is 9.45. The highest BCUT2D eigenvalue weighted by Gasteiger charge is 2.17. The van der Waals surface area contributed by atoms with Crippen LogP contribution in [0, 0.1) is 6.92 Å². The Balaban J connectivity index is 1.68. The van der Waals surface area contributed by atoms with E-state index in [0.29, 0.717) is 38.9 Å². The van der Waals surface area contributed by atoms with Gasteiger partial charge in [-0.1, -0.05) is 35.0 Å². The van der Waals surface area contributed by atoms with Crippen molar-refractivity contribution in [1.82, 2.24) is 19.7 Å². The predicted molar refractivity (Wildman–Crippen MR) is 102 cm³/mol. The number of halogens is 2. The lowest BCUT2D eigenvalue weighted by molar-refractivity contribution is -0.113. The Bertz CT molecular complexity index is 927. The Morgan fingerprint density at radius 2 is 2.19 bits per heavy atom. The largest absolute Gasteiger partial charge is 0.461 e. The number of anilines is 1. The zero-order valence-electron chi connectivity index (χ0n) is 14.0. The molecule has 3 aromatic heterocycles. The number of pyridine rings is 1. The Kier molecular flexibility index (Phi) is 5.85. The van der Waals surface area contributed by atoms with Gasteiger partial charge in [0.1, 0.15) is 0 Å². The molecule has 10 heteroatoms. The number of hydrogen-bond donors (Lipinski definition) is 1. The maximum absolute atomic E-state index is 12.2. The molecule has 136 valence electrons. The molecule has 26 heavy (non-hydrogen) atoms. The van der Waals surface area contributed by atoms with Gasteiger partial charge >= 0.3 is 0 Å². The molecule has 0 aliphatic carbocycles. The van der Waals surface area contributed by atoms with E-state index in [9.17, 15) is 4.79 Å². The SMILES string of the molecule is CCn1c(SCC(=O)Nc2ncc(Cl)c(C)c2Cl)nnc1-c1ccco1. The van der Waals surface area contributed by atoms with Gasteiger partial charge in [0.25, 0.3) is 0 Å². The molecule has 0 spiro atoms. The van der Waals surface area contributed by atoms with Crippen LogP contribution in [-0.4, -0.2) is 31.4 Å². The number of aromatic nitrogens is 4. The molecule has 3 aromatic rings. The van der Waals surface area contributed by atoms with E-state index in [1.807, 2.05) is 17.6 Å². The van der Waals surface area contributed by atoms with Gasteiger partial charge < -0.3 is 9.73 Å². The lowest BCUT2D eigenvalue weighted by Gasteiger charge is -2.09. The molecular formula is C16H15Cl2N5O2S. The average Bonchev–Trinajstić information content (AvgIpc) is 3.29. The van der Waals surface area contributed by atoms with Gasteiger partial charge in [-0.25, -0.2) is 4.98 Å². The summed E-state index contributed by atoms with van der Waals surface area (Å²) in [6.45, 7) is 4.38. The predicted octanol–water partition coefficient (Wildman–Crippen LogP) is 4.30. The van der Waals surface area contributed by atoms with Crippen LogP contribution in [-0.2, 0) is 11.3 Å². The van der Waals surface area contributed by atoms with Crippen molar-refractivity contribution in [1.29, 1.82) is 0 Å². The maximum Gasteiger partial charge on any atom is 0.236 e. The first-order valence-electron chi connectivity index (χ1n) is 7.71. The van der Waals surface area contributed by atoms with E-state index in [0.717, 1.165) is 0 Å². The Labute approximate surface area is 164 Å². The topological polar surface area (TPSA) is 85.8 Å². The summed E-state index contributed by atoms with van der Waals surface area (Å²) in [5.74, 6) is 1.42. The lowest BCUT2D eigenvalue weighted by Crippen LogP contribution is -2.16. The minimum Gasteiger partial charge on any atom is -0.461 e. The van der Waals surface area contributed by atoms with E-state index in [2.05, 4.69) is 20.5 Å². The van der Waals surface area contributed by atoms with Crippen LogP contribution in [0.1, 0.15) is 12.5 Å². The molecule has 3 rings (SSSR count). The van der Waals surface area contributed by atoms with Crippen molar-refractivity contribution in [3.63, 3.8) is 0 Å². The minimum atomic E-state index is -0.253. The van der Waals surface area contributed by atoms with Crippen LogP contribution in [0.5, 0.6) is 0 Å². The van der Waals surface area contributed by atoms with E-state index in [1.165, 1.54) is 18.0 Å². The van der Waals surface area contributed by atoms with E-state index in [-0.39, 0.29) is 17.5 Å². The van der Waals surface area contributed by atoms with Crippen LogP contribution < -0.4 is 5.32 Å². The summed E-state index contributed by atoms with van der Waals surface area (Å²) < 4.78 is 7.25. The number of amides is 1. The van der Waals surface area contributed by atoms with Crippen molar-refractivity contribution in [3.8, 4) is 11.6 Å². The summed E-state index contributed by atoms with van der Waals surface area (Å²) in [6, 6.07) is 3.60. The number of nitrogens with zero attached hydrogens (tertiary/aromatic N) is 4. The summed E-state index contributed by atoms with van der Waals surface area (Å²) in [5.41, 5.74) is 0.667. The van der Waals surface area contributed by atoms with E-state index >= 15 is 0 Å². The summed E-state index contributed by atoms with van der Waals surface area (Å²) >= 11 is 13.4. The van der Waals surface area contributed by atoms with E-state index < -0.39 is 0 Å². The fourth-order valence-corrected chi connectivity index (χ4v) is 3.40. The van der Waals surface area contributed by atoms with Gasteiger partial charge in [-0.3, -0.25) is 9.36 Å². The summed E-state index contributed by atoms with van der Waals surface area (Å²) in [5, 5.41) is 12.4. The number of nitrogens with one attached hydrogen (secondary N) is 1. The van der Waals surface area contributed by atoms with Crippen molar-refractivity contribution < 1.29 is 9.21 Å². The van der Waals surface area contributed by atoms with Crippen LogP contribution >= 0.6 is 35.0 Å². The van der Waals surface area contributed by atoms with Crippen molar-refractivity contribution in [2.24, 2.45) is 0 Å². The molecule has 0 radical (unpaired) electrons. The van der Waals surface area contributed by atoms with E-state index in [4.69, 9.17) is 27.6 Å². The van der Waals surface area contributed by atoms with Crippen molar-refractivity contribution >= 4 is 46.7 Å². The second-order valence-corrected chi connectivity index (χ2v) is 6.99. The number of carbonyl (C=O) groups is 1. The molecule has 0 atom stereocenters. The number of rotatable bonds is 6. The highest BCUT2D eigenvalue weighted by atomic mass is 35.5. The average molecular weight is 412 g/mol. The molecule has 0 bridgehead atoms. The fraction of sp³-hybridized carbons (Fsp3) is 0.250. The molecule has 7 nitrogen and oxygen atoms in total. The highest BCUT2D eigenvalue weighted by Crippen LogP contribution is 2.29. The fourth-order valence-electron chi connectivity index (χ4n) is 2.21. The van der Waals surface area contributed by atoms with Crippen LogP contribution in [0.4, 0.5) is 5.82 Å². The second-order valence-electron chi connectivity index (χ2n) is 5.26. The molecule has 0 unspecified atom stereocenters. The van der Waals surface area contributed by atoms with Crippen LogP contribution in [0.2, 0.25) is 10.0 Å². The van der Waals surface area contributed by atoms with Crippen LogP contribution in [0.3, 0.4) is 0 Å². The molecule has 0 saturated heterocycles. The smallest absolute Gasteiger partial charge is 0.236 e. The van der Waals surface area contributed by atoms with Crippen molar-refractivity contribution in [3.05, 3.63) is 40.2 Å². The van der Waals surface area contributed by atoms with Gasteiger partial charge in [-0.15, -0.1) is 10.2 Å². The quantitative estimate of drug-likeness (QED) is 0.608. The van der Waals surface area contributed by atoms with Crippen molar-refractivity contribution in [2.45, 2.75) is 25.5 Å². The third kappa shape index (κ3) is 3.87. The highest BCUT2D eigenvalue weighted by molar-refractivity contribution is 7.99. The Hall–Kier alpha value is -2.03. The normalized spacial score (nSPS) is 10.9. The standard InChI is InChI=1S/C16H15Cl2N5O2S/c1-3-23-15(11-5-4-6-25-11)21-22-16(23)26-8-12(24)20-14-13(18)9(2)10(17)7-19-14/h4-7H,3,8H2,1-2H3,(H,19,20,24). The van der Waals surface area contributed by atoms with Gasteiger partial charge in [0.2, 0.25) is 5.91 Å². The number of furan rings is 1. The molecule has 0 aliphatic rings. The van der Waals surface area contributed by atoms with Gasteiger partial charge in [0, 0.05) is 12.7 Å². The second kappa shape index (κ2) is 8.11. The molecule has 0 saturated carbocycles. The minimum absolute atomic E-state index is 0.135. The van der Waals surface area contributed by atoms with Gasteiger partial charge in [-0.05, 0) is 31.5 Å². The lowest BCUT2D eigenvalue weighted by atomic mass is 10.3. The Morgan fingerprint density at radius 1 is 1.38 bits per heavy atom. The van der Waals surface area contributed by atoms with Gasteiger partial charge in [0.15, 0.2) is 22.6 Å². The monoisotopic (exact) mass is 411 g/mol. The molecule has 0 aromatic carbocycles. The van der Waals surface area contributed by atoms with Crippen LogP contribution in [0.15, 0.2) is 34.2 Å². The first-order chi connectivity index (χ1) is 12.5. The molecule has 0 fully saturated rings. The first kappa shape index (κ1) is 18.8. The van der Waals surface area contributed by atoms with E-state index in [1.54, 1.807) is 19.3 Å². The number of hydrogen-bond acceptors (Lipinski definition) is 6. The third-order valence-corrected chi connectivity index (χ3v) is 5.38. The summed E-state index contributed by atoms with van der Waals surface area (Å²) in [7, 11) is 0. The van der Waals surface area contributed by atoms with Crippen molar-refractivity contribution in [2.75, 3.05) is 11.1 Å². The van der Waals surface area contributed by atoms with Crippen LogP contribution in [0.25, 0.3) is 11.6 Å². The zero-order valence-corrected chi connectivity index (χ0v) is 16.3. The summed E-state index contributed by atoms with van der Waals surface area (Å²) in [4.78, 5) is 16.3. The third-order valence-electron chi connectivity index (χ3n) is 3.57. The summed E-state index contributed by atoms with van der Waals surface area (Å²) in [6.07, 6.45) is 3.03. The Morgan fingerprint density at radius 3 is 2.88 bits per heavy atom. The molecule has 1 amide bonds. The molecule has 3 heterocycles. The number of thioether (sulfide) groups is 1. The molecule has 1 N–H and O–H groups in total. The molecule has 0 aliphatic heterocycles. The van der Waals surface area contributed by atoms with Gasteiger partial charge in [-0.2, -0.15) is 0 Å². The maximum atomic E-state index is 12.2.